The van der Waals surface area contributed by atoms with Crippen LogP contribution in [0, 0.1) is 17.3 Å². The number of nitrogens with zero attached hydrogens (tertiary/aromatic N) is 1. The van der Waals surface area contributed by atoms with Gasteiger partial charge in [0.15, 0.2) is 5.84 Å². The quantitative estimate of drug-likeness (QED) is 0.309. The highest BCUT2D eigenvalue weighted by Gasteiger charge is 2.37. The number of carbonyl (C=O) groups is 1. The van der Waals surface area contributed by atoms with Crippen molar-refractivity contribution >= 4 is 11.7 Å². The molecule has 18 heavy (non-hydrogen) atoms. The molecule has 0 aromatic carbocycles. The number of rotatable bonds is 4. The normalized spacial score (nSPS) is 25.2. The maximum absolute atomic E-state index is 12.2. The summed E-state index contributed by atoms with van der Waals surface area (Å²) in [6.07, 6.45) is 3.25. The maximum Gasteiger partial charge on any atom is 0.231 e. The summed E-state index contributed by atoms with van der Waals surface area (Å²) in [6, 6.07) is 0.178. The average Bonchev–Trinajstić information content (AvgIpc) is 2.57. The molecule has 1 rings (SSSR count). The molecule has 1 aliphatic carbocycles. The third kappa shape index (κ3) is 3.15. The fraction of sp³-hybridized carbons (Fsp3) is 0.846. The molecule has 5 heteroatoms. The van der Waals surface area contributed by atoms with E-state index < -0.39 is 5.92 Å². The third-order valence-electron chi connectivity index (χ3n) is 3.96. The Hall–Kier alpha value is -1.26. The first-order valence-electron chi connectivity index (χ1n) is 6.57. The van der Waals surface area contributed by atoms with Crippen molar-refractivity contribution in [1.29, 1.82) is 0 Å². The Morgan fingerprint density at radius 2 is 2.11 bits per heavy atom. The van der Waals surface area contributed by atoms with Crippen molar-refractivity contribution in [2.24, 2.45) is 28.1 Å². The Balaban J connectivity index is 2.74. The van der Waals surface area contributed by atoms with Gasteiger partial charge in [-0.2, -0.15) is 0 Å². The Kier molecular flexibility index (Phi) is 4.59. The molecule has 1 amide bonds. The molecule has 0 saturated heterocycles. The van der Waals surface area contributed by atoms with Gasteiger partial charge in [0.05, 0.1) is 0 Å². The molecule has 0 aliphatic heterocycles. The zero-order chi connectivity index (χ0) is 13.9. The lowest BCUT2D eigenvalue weighted by atomic mass is 9.86. The molecule has 4 N–H and O–H groups in total. The summed E-state index contributed by atoms with van der Waals surface area (Å²) in [7, 11) is 0. The first-order valence-corrected chi connectivity index (χ1v) is 6.57. The van der Waals surface area contributed by atoms with Crippen LogP contribution in [-0.4, -0.2) is 23.0 Å². The molecule has 0 radical (unpaired) electrons. The Labute approximate surface area is 109 Å². The van der Waals surface area contributed by atoms with E-state index in [1.165, 1.54) is 0 Å². The summed E-state index contributed by atoms with van der Waals surface area (Å²) in [4.78, 5) is 12.2. The molecule has 0 heterocycles. The first kappa shape index (κ1) is 14.8. The van der Waals surface area contributed by atoms with Crippen LogP contribution < -0.4 is 11.1 Å². The van der Waals surface area contributed by atoms with E-state index in [4.69, 9.17) is 10.9 Å². The molecule has 1 saturated carbocycles. The number of hydrogen-bond donors (Lipinski definition) is 3. The van der Waals surface area contributed by atoms with Gasteiger partial charge in [0, 0.05) is 6.04 Å². The summed E-state index contributed by atoms with van der Waals surface area (Å²) >= 11 is 0. The van der Waals surface area contributed by atoms with Gasteiger partial charge in [0.25, 0.3) is 0 Å². The largest absolute Gasteiger partial charge is 0.409 e. The molecule has 2 unspecified atom stereocenters. The summed E-state index contributed by atoms with van der Waals surface area (Å²) in [5.74, 6) is -0.713. The smallest absolute Gasteiger partial charge is 0.231 e. The van der Waals surface area contributed by atoms with E-state index in [9.17, 15) is 4.79 Å². The average molecular weight is 255 g/mol. The van der Waals surface area contributed by atoms with E-state index in [1.54, 1.807) is 0 Å². The zero-order valence-corrected chi connectivity index (χ0v) is 11.7. The molecule has 104 valence electrons. The van der Waals surface area contributed by atoms with Crippen LogP contribution in [0.4, 0.5) is 0 Å². The van der Waals surface area contributed by atoms with Gasteiger partial charge in [-0.15, -0.1) is 0 Å². The van der Waals surface area contributed by atoms with Gasteiger partial charge in [-0.05, 0) is 24.2 Å². The number of carbonyl (C=O) groups excluding carboxylic acids is 1. The first-order chi connectivity index (χ1) is 8.29. The van der Waals surface area contributed by atoms with Crippen molar-refractivity contribution in [1.82, 2.24) is 5.32 Å². The van der Waals surface area contributed by atoms with Crippen LogP contribution in [0.5, 0.6) is 0 Å². The highest BCUT2D eigenvalue weighted by molar-refractivity contribution is 6.02. The lowest BCUT2D eigenvalue weighted by Crippen LogP contribution is -2.48. The third-order valence-corrected chi connectivity index (χ3v) is 3.96. The minimum absolute atomic E-state index is 0.00501. The predicted octanol–water partition coefficient (Wildman–Crippen LogP) is 1.70. The summed E-state index contributed by atoms with van der Waals surface area (Å²) in [6.45, 7) is 8.11. The molecule has 1 fully saturated rings. The van der Waals surface area contributed by atoms with E-state index in [0.29, 0.717) is 0 Å². The van der Waals surface area contributed by atoms with Gasteiger partial charge in [0.2, 0.25) is 5.91 Å². The number of hydrogen-bond acceptors (Lipinski definition) is 3. The number of amidine groups is 1. The number of nitrogens with one attached hydrogen (secondary N) is 1. The summed E-state index contributed by atoms with van der Waals surface area (Å²) in [5.41, 5.74) is 5.73. The van der Waals surface area contributed by atoms with Gasteiger partial charge < -0.3 is 16.3 Å². The van der Waals surface area contributed by atoms with Crippen molar-refractivity contribution in [2.75, 3.05) is 0 Å². The summed E-state index contributed by atoms with van der Waals surface area (Å²) in [5, 5.41) is 14.8. The predicted molar refractivity (Wildman–Crippen MR) is 71.3 cm³/mol. The van der Waals surface area contributed by atoms with Crippen molar-refractivity contribution in [3.63, 3.8) is 0 Å². The van der Waals surface area contributed by atoms with Gasteiger partial charge >= 0.3 is 0 Å². The monoisotopic (exact) mass is 255 g/mol. The Morgan fingerprint density at radius 3 is 2.50 bits per heavy atom. The maximum atomic E-state index is 12.2. The van der Waals surface area contributed by atoms with Crippen LogP contribution >= 0.6 is 0 Å². The van der Waals surface area contributed by atoms with Gasteiger partial charge in [-0.1, -0.05) is 39.3 Å². The Bertz CT molecular complexity index is 337. The van der Waals surface area contributed by atoms with E-state index >= 15 is 0 Å². The molecule has 0 spiro atoms. The van der Waals surface area contributed by atoms with Crippen LogP contribution in [0.15, 0.2) is 5.16 Å². The molecule has 5 nitrogen and oxygen atoms in total. The van der Waals surface area contributed by atoms with Crippen LogP contribution in [0.3, 0.4) is 0 Å². The van der Waals surface area contributed by atoms with E-state index in [0.717, 1.165) is 19.3 Å². The summed E-state index contributed by atoms with van der Waals surface area (Å²) < 4.78 is 0. The van der Waals surface area contributed by atoms with Gasteiger partial charge in [-0.3, -0.25) is 4.79 Å². The highest BCUT2D eigenvalue weighted by Crippen LogP contribution is 2.37. The van der Waals surface area contributed by atoms with E-state index in [-0.39, 0.29) is 29.1 Å². The lowest BCUT2D eigenvalue weighted by Gasteiger charge is -2.30. The van der Waals surface area contributed by atoms with Crippen molar-refractivity contribution in [3.05, 3.63) is 0 Å². The van der Waals surface area contributed by atoms with Gasteiger partial charge in [-0.25, -0.2) is 0 Å². The molecular formula is C13H25N3O2. The van der Waals surface area contributed by atoms with Gasteiger partial charge in [0.1, 0.15) is 5.92 Å². The minimum atomic E-state index is -0.564. The second-order valence-electron chi connectivity index (χ2n) is 6.19. The second kappa shape index (κ2) is 5.59. The fourth-order valence-electron chi connectivity index (χ4n) is 2.70. The molecular weight excluding hydrogens is 230 g/mol. The SMILES string of the molecule is CC(C)C(C(=O)NC1CCCC1(C)C)C(N)=NO. The molecule has 0 aromatic heterocycles. The van der Waals surface area contributed by atoms with E-state index in [2.05, 4.69) is 24.3 Å². The Morgan fingerprint density at radius 1 is 1.50 bits per heavy atom. The molecule has 2 atom stereocenters. The number of oxime groups is 1. The van der Waals surface area contributed by atoms with Crippen LogP contribution in [-0.2, 0) is 4.79 Å². The fourth-order valence-corrected chi connectivity index (χ4v) is 2.70. The molecule has 1 aliphatic rings. The molecule has 0 bridgehead atoms. The highest BCUT2D eigenvalue weighted by atomic mass is 16.4. The second-order valence-corrected chi connectivity index (χ2v) is 6.19. The van der Waals surface area contributed by atoms with Crippen LogP contribution in [0.2, 0.25) is 0 Å². The molecule has 0 aromatic rings. The lowest BCUT2D eigenvalue weighted by molar-refractivity contribution is -0.125. The van der Waals surface area contributed by atoms with Crippen LogP contribution in [0.1, 0.15) is 47.0 Å². The van der Waals surface area contributed by atoms with Crippen molar-refractivity contribution in [3.8, 4) is 0 Å². The number of nitrogens with two attached hydrogens (primary N) is 1. The zero-order valence-electron chi connectivity index (χ0n) is 11.7. The van der Waals surface area contributed by atoms with Crippen molar-refractivity contribution < 1.29 is 10.0 Å². The van der Waals surface area contributed by atoms with Crippen LogP contribution in [0.25, 0.3) is 0 Å². The topological polar surface area (TPSA) is 87.7 Å². The van der Waals surface area contributed by atoms with Crippen molar-refractivity contribution in [2.45, 2.75) is 53.0 Å². The number of amides is 1. The standard InChI is InChI=1S/C13H25N3O2/c1-8(2)10(11(14)16-18)12(17)15-9-6-5-7-13(9,3)4/h8-10,18H,5-7H2,1-4H3,(H2,14,16)(H,15,17). The van der Waals surface area contributed by atoms with E-state index in [1.807, 2.05) is 13.8 Å². The minimum Gasteiger partial charge on any atom is -0.409 e.